The van der Waals surface area contributed by atoms with Gasteiger partial charge in [0.15, 0.2) is 4.34 Å². The Morgan fingerprint density at radius 2 is 2.11 bits per heavy atom. The summed E-state index contributed by atoms with van der Waals surface area (Å²) in [6.07, 6.45) is 0.683. The van der Waals surface area contributed by atoms with Gasteiger partial charge in [-0.2, -0.15) is 0 Å². The quantitative estimate of drug-likeness (QED) is 0.696. The number of imide groups is 1. The summed E-state index contributed by atoms with van der Waals surface area (Å²) in [7, 11) is 1.59. The predicted octanol–water partition coefficient (Wildman–Crippen LogP) is 3.52. The summed E-state index contributed by atoms with van der Waals surface area (Å²) in [6.45, 7) is 4.29. The first-order valence-corrected chi connectivity index (χ1v) is 10.6. The van der Waals surface area contributed by atoms with E-state index < -0.39 is 0 Å². The summed E-state index contributed by atoms with van der Waals surface area (Å²) in [4.78, 5) is 43.9. The highest BCUT2D eigenvalue weighted by Crippen LogP contribution is 2.32. The lowest BCUT2D eigenvalue weighted by Crippen LogP contribution is -2.32. The maximum atomic E-state index is 12.2. The summed E-state index contributed by atoms with van der Waals surface area (Å²) >= 11 is 3.21. The van der Waals surface area contributed by atoms with Crippen molar-refractivity contribution in [2.45, 2.75) is 35.9 Å². The van der Waals surface area contributed by atoms with Crippen molar-refractivity contribution in [2.75, 3.05) is 25.5 Å². The number of urea groups is 1. The summed E-state index contributed by atoms with van der Waals surface area (Å²) in [5.41, 5.74) is 2.74. The molecule has 1 fully saturated rings. The second kappa shape index (κ2) is 8.74. The van der Waals surface area contributed by atoms with E-state index in [1.807, 2.05) is 37.4 Å². The molecule has 0 radical (unpaired) electrons. The molecule has 2 aromatic rings. The van der Waals surface area contributed by atoms with Crippen LogP contribution in [0.3, 0.4) is 0 Å². The molecule has 4 amide bonds. The van der Waals surface area contributed by atoms with Gasteiger partial charge in [-0.3, -0.25) is 14.5 Å². The van der Waals surface area contributed by atoms with Crippen LogP contribution in [0.4, 0.5) is 10.5 Å². The molecule has 0 bridgehead atoms. The Hall–Kier alpha value is -2.39. The summed E-state index contributed by atoms with van der Waals surface area (Å²) in [5.74, 6) is -0.348. The van der Waals surface area contributed by atoms with Gasteiger partial charge in [0.2, 0.25) is 11.8 Å². The van der Waals surface area contributed by atoms with E-state index in [-0.39, 0.29) is 37.4 Å². The van der Waals surface area contributed by atoms with Crippen LogP contribution in [0.25, 0.3) is 0 Å². The Morgan fingerprint density at radius 3 is 2.71 bits per heavy atom. The van der Waals surface area contributed by atoms with Crippen LogP contribution in [0.2, 0.25) is 0 Å². The molecular weight excluding hydrogens is 396 g/mol. The second-order valence-corrected chi connectivity index (χ2v) is 8.85. The van der Waals surface area contributed by atoms with Crippen LogP contribution in [0, 0.1) is 13.8 Å². The van der Waals surface area contributed by atoms with E-state index in [1.54, 1.807) is 30.1 Å². The van der Waals surface area contributed by atoms with Crippen molar-refractivity contribution in [3.05, 3.63) is 34.8 Å². The fourth-order valence-corrected chi connectivity index (χ4v) is 4.73. The fraction of sp³-hybridized carbons (Fsp3) is 0.368. The summed E-state index contributed by atoms with van der Waals surface area (Å²) < 4.78 is 0.991. The smallest absolute Gasteiger partial charge is 0.326 e. The number of likely N-dealkylation sites (N-methyl/N-ethyl adjacent to an activating group) is 1. The van der Waals surface area contributed by atoms with Crippen LogP contribution in [-0.2, 0) is 9.59 Å². The topological polar surface area (TPSA) is 82.6 Å². The van der Waals surface area contributed by atoms with Crippen LogP contribution in [-0.4, -0.2) is 52.8 Å². The lowest BCUT2D eigenvalue weighted by atomic mass is 10.2. The lowest BCUT2D eigenvalue weighted by molar-refractivity contribution is -0.125. The molecule has 0 unspecified atom stereocenters. The Kier molecular flexibility index (Phi) is 6.35. The molecule has 1 aromatic heterocycles. The number of hydrogen-bond donors (Lipinski definition) is 1. The van der Waals surface area contributed by atoms with Crippen molar-refractivity contribution in [1.82, 2.24) is 14.8 Å². The molecule has 1 aromatic carbocycles. The lowest BCUT2D eigenvalue weighted by Gasteiger charge is -2.14. The van der Waals surface area contributed by atoms with E-state index in [0.29, 0.717) is 6.42 Å². The number of aryl methyl sites for hydroxylation is 2. The molecule has 9 heteroatoms. The number of hydrogen-bond acceptors (Lipinski definition) is 6. The number of thiazole rings is 1. The molecule has 1 aliphatic heterocycles. The van der Waals surface area contributed by atoms with Gasteiger partial charge in [-0.25, -0.2) is 9.78 Å². The molecule has 28 heavy (non-hydrogen) atoms. The molecule has 0 spiro atoms. The number of anilines is 1. The van der Waals surface area contributed by atoms with Gasteiger partial charge in [0, 0.05) is 41.7 Å². The average Bonchev–Trinajstić information content (AvgIpc) is 3.14. The Labute approximate surface area is 172 Å². The normalized spacial score (nSPS) is 14.1. The van der Waals surface area contributed by atoms with Gasteiger partial charge in [0.05, 0.1) is 0 Å². The molecule has 1 aliphatic rings. The van der Waals surface area contributed by atoms with Crippen molar-refractivity contribution in [1.29, 1.82) is 0 Å². The highest BCUT2D eigenvalue weighted by molar-refractivity contribution is 8.01. The number of rotatable bonds is 7. The Morgan fingerprint density at radius 1 is 1.32 bits per heavy atom. The number of nitrogens with one attached hydrogen (secondary N) is 1. The number of nitrogens with zero attached hydrogens (tertiary/aromatic N) is 3. The highest BCUT2D eigenvalue weighted by Gasteiger charge is 2.32. The third-order valence-electron chi connectivity index (χ3n) is 4.29. The van der Waals surface area contributed by atoms with E-state index in [1.165, 1.54) is 9.80 Å². The number of carbonyl (C=O) groups is 3. The van der Waals surface area contributed by atoms with Crippen LogP contribution < -0.4 is 5.32 Å². The zero-order chi connectivity index (χ0) is 20.3. The SMILES string of the molecule is Cc1csc(Sc2ccc(NC(=O)CCCN3C(=O)CN(C)C3=O)c(C)c2)n1. The molecule has 1 N–H and O–H groups in total. The summed E-state index contributed by atoms with van der Waals surface area (Å²) in [6, 6.07) is 5.57. The van der Waals surface area contributed by atoms with Crippen LogP contribution >= 0.6 is 23.1 Å². The summed E-state index contributed by atoms with van der Waals surface area (Å²) in [5, 5.41) is 4.92. The largest absolute Gasteiger partial charge is 0.326 e. The number of carbonyl (C=O) groups excluding carboxylic acids is 3. The minimum absolute atomic E-state index is 0.106. The second-order valence-electron chi connectivity index (χ2n) is 6.67. The Balaban J connectivity index is 1.50. The van der Waals surface area contributed by atoms with Crippen molar-refractivity contribution < 1.29 is 14.4 Å². The first kappa shape index (κ1) is 20.3. The molecule has 0 saturated carbocycles. The number of amides is 4. The van der Waals surface area contributed by atoms with Crippen molar-refractivity contribution in [3.8, 4) is 0 Å². The zero-order valence-corrected chi connectivity index (χ0v) is 17.7. The van der Waals surface area contributed by atoms with Gasteiger partial charge in [-0.05, 0) is 44.0 Å². The minimum atomic E-state index is -0.301. The monoisotopic (exact) mass is 418 g/mol. The average molecular weight is 419 g/mol. The van der Waals surface area contributed by atoms with E-state index in [4.69, 9.17) is 0 Å². The maximum absolute atomic E-state index is 12.2. The third-order valence-corrected chi connectivity index (χ3v) is 6.34. The van der Waals surface area contributed by atoms with E-state index in [2.05, 4.69) is 10.3 Å². The first-order chi connectivity index (χ1) is 13.3. The van der Waals surface area contributed by atoms with Gasteiger partial charge < -0.3 is 10.2 Å². The molecule has 0 atom stereocenters. The molecule has 0 aliphatic carbocycles. The van der Waals surface area contributed by atoms with E-state index in [9.17, 15) is 14.4 Å². The van der Waals surface area contributed by atoms with E-state index >= 15 is 0 Å². The molecule has 3 rings (SSSR count). The van der Waals surface area contributed by atoms with Crippen LogP contribution in [0.1, 0.15) is 24.1 Å². The molecule has 2 heterocycles. The predicted molar refractivity (Wildman–Crippen MR) is 110 cm³/mol. The van der Waals surface area contributed by atoms with Gasteiger partial charge in [-0.15, -0.1) is 11.3 Å². The van der Waals surface area contributed by atoms with Crippen LogP contribution in [0.5, 0.6) is 0 Å². The maximum Gasteiger partial charge on any atom is 0.326 e. The van der Waals surface area contributed by atoms with Crippen molar-refractivity contribution >= 4 is 46.6 Å². The van der Waals surface area contributed by atoms with Crippen molar-refractivity contribution in [3.63, 3.8) is 0 Å². The molecule has 148 valence electrons. The standard InChI is InChI=1S/C19H22N4O3S2/c1-12-9-14(28-18-20-13(2)11-27-18)6-7-15(12)21-16(24)5-4-8-23-17(25)10-22(3)19(23)26/h6-7,9,11H,4-5,8,10H2,1-3H3,(H,21,24). The Bertz CT molecular complexity index is 912. The molecule has 1 saturated heterocycles. The minimum Gasteiger partial charge on any atom is -0.326 e. The van der Waals surface area contributed by atoms with Crippen molar-refractivity contribution in [2.24, 2.45) is 0 Å². The van der Waals surface area contributed by atoms with Crippen LogP contribution in [0.15, 0.2) is 32.8 Å². The number of benzene rings is 1. The highest BCUT2D eigenvalue weighted by atomic mass is 32.2. The van der Waals surface area contributed by atoms with Gasteiger partial charge in [-0.1, -0.05) is 11.8 Å². The number of aromatic nitrogens is 1. The van der Waals surface area contributed by atoms with Gasteiger partial charge >= 0.3 is 6.03 Å². The van der Waals surface area contributed by atoms with E-state index in [0.717, 1.165) is 26.2 Å². The fourth-order valence-electron chi connectivity index (χ4n) is 2.82. The molecular formula is C19H22N4O3S2. The molecule has 7 nitrogen and oxygen atoms in total. The van der Waals surface area contributed by atoms with Gasteiger partial charge in [0.1, 0.15) is 6.54 Å². The third kappa shape index (κ3) is 4.90. The zero-order valence-electron chi connectivity index (χ0n) is 16.0. The first-order valence-electron chi connectivity index (χ1n) is 8.89. The van der Waals surface area contributed by atoms with Gasteiger partial charge in [0.25, 0.3) is 0 Å².